The second kappa shape index (κ2) is 7.30. The van der Waals surface area contributed by atoms with Gasteiger partial charge in [-0.1, -0.05) is 0 Å². The van der Waals surface area contributed by atoms with E-state index in [1.807, 2.05) is 36.9 Å². The summed E-state index contributed by atoms with van der Waals surface area (Å²) in [4.78, 5) is 1.50. The molecule has 0 spiro atoms. The van der Waals surface area contributed by atoms with Crippen LogP contribution in [0.25, 0.3) is 0 Å². The third kappa shape index (κ3) is 4.34. The average molecular weight is 315 g/mol. The van der Waals surface area contributed by atoms with Crippen molar-refractivity contribution in [3.63, 3.8) is 0 Å². The first kappa shape index (κ1) is 17.1. The monoisotopic (exact) mass is 315 g/mol. The van der Waals surface area contributed by atoms with E-state index in [2.05, 4.69) is 10.2 Å². The summed E-state index contributed by atoms with van der Waals surface area (Å²) in [6.45, 7) is 5.23. The Kier molecular flexibility index (Phi) is 5.41. The lowest BCUT2D eigenvalue weighted by Gasteiger charge is -2.30. The zero-order chi connectivity index (χ0) is 17.0. The highest BCUT2D eigenvalue weighted by Gasteiger charge is 2.16. The van der Waals surface area contributed by atoms with Crippen LogP contribution in [0, 0.1) is 6.92 Å². The molecule has 23 heavy (non-hydrogen) atoms. The molecule has 0 radical (unpaired) electrons. The number of aliphatic hydroxyl groups is 2. The second-order valence-corrected chi connectivity index (χ2v) is 5.56. The molecule has 1 heterocycles. The molecule has 0 amide bonds. The molecule has 0 saturated heterocycles. The SMILES string of the molecule is Cc1cc[n+](C)c(/N=N/c2ccc(N(C(C)O)C(C)O)cc2)c1. The topological polar surface area (TPSA) is 72.3 Å². The highest BCUT2D eigenvalue weighted by atomic mass is 16.3. The van der Waals surface area contributed by atoms with Gasteiger partial charge in [-0.25, -0.2) is 4.57 Å². The Morgan fingerprint density at radius 2 is 1.61 bits per heavy atom. The first-order valence-electron chi connectivity index (χ1n) is 7.51. The van der Waals surface area contributed by atoms with Gasteiger partial charge in [0, 0.05) is 11.8 Å². The molecule has 2 atom stereocenters. The Balaban J connectivity index is 2.19. The number of benzene rings is 1. The number of pyridine rings is 1. The number of aryl methyl sites for hydroxylation is 2. The minimum Gasteiger partial charge on any atom is -0.374 e. The Morgan fingerprint density at radius 3 is 2.17 bits per heavy atom. The van der Waals surface area contributed by atoms with E-state index < -0.39 is 12.5 Å². The van der Waals surface area contributed by atoms with Gasteiger partial charge in [0.2, 0.25) is 0 Å². The first-order valence-corrected chi connectivity index (χ1v) is 7.51. The fraction of sp³-hybridized carbons (Fsp3) is 0.353. The number of azo groups is 1. The molecule has 0 fully saturated rings. The average Bonchev–Trinajstić information content (AvgIpc) is 2.49. The van der Waals surface area contributed by atoms with Crippen molar-refractivity contribution in [2.45, 2.75) is 33.2 Å². The molecule has 122 valence electrons. The van der Waals surface area contributed by atoms with Gasteiger partial charge in [-0.3, -0.25) is 0 Å². The van der Waals surface area contributed by atoms with E-state index in [0.29, 0.717) is 5.69 Å². The van der Waals surface area contributed by atoms with Crippen molar-refractivity contribution in [2.75, 3.05) is 4.90 Å². The molecule has 0 aliphatic carbocycles. The summed E-state index contributed by atoms with van der Waals surface area (Å²) in [5.74, 6) is 0.767. The summed E-state index contributed by atoms with van der Waals surface area (Å²) in [7, 11) is 1.92. The molecule has 0 aliphatic heterocycles. The van der Waals surface area contributed by atoms with Gasteiger partial charge < -0.3 is 15.1 Å². The van der Waals surface area contributed by atoms with Gasteiger partial charge in [0.05, 0.1) is 18.4 Å². The summed E-state index contributed by atoms with van der Waals surface area (Å²) in [5.41, 5.74) is 2.54. The maximum atomic E-state index is 9.74. The molecule has 0 bridgehead atoms. The van der Waals surface area contributed by atoms with Crippen molar-refractivity contribution < 1.29 is 14.8 Å². The molecule has 0 aliphatic rings. The van der Waals surface area contributed by atoms with Gasteiger partial charge >= 0.3 is 5.82 Å². The van der Waals surface area contributed by atoms with E-state index >= 15 is 0 Å². The minimum atomic E-state index is -0.784. The van der Waals surface area contributed by atoms with Crippen molar-refractivity contribution in [1.82, 2.24) is 0 Å². The van der Waals surface area contributed by atoms with Gasteiger partial charge in [-0.15, -0.1) is 0 Å². The fourth-order valence-corrected chi connectivity index (χ4v) is 2.30. The number of aliphatic hydroxyl groups excluding tert-OH is 2. The van der Waals surface area contributed by atoms with Crippen LogP contribution in [0.1, 0.15) is 19.4 Å². The number of nitrogens with zero attached hydrogens (tertiary/aromatic N) is 4. The van der Waals surface area contributed by atoms with Crippen LogP contribution < -0.4 is 9.47 Å². The van der Waals surface area contributed by atoms with E-state index in [9.17, 15) is 10.2 Å². The fourth-order valence-electron chi connectivity index (χ4n) is 2.30. The molecule has 1 aromatic carbocycles. The summed E-state index contributed by atoms with van der Waals surface area (Å²) in [6.07, 6.45) is 0.373. The van der Waals surface area contributed by atoms with Crippen molar-refractivity contribution in [3.8, 4) is 0 Å². The largest absolute Gasteiger partial charge is 0.374 e. The maximum absolute atomic E-state index is 9.74. The molecular formula is C17H23N4O2+. The molecule has 2 rings (SSSR count). The van der Waals surface area contributed by atoms with Crippen LogP contribution in [0.3, 0.4) is 0 Å². The zero-order valence-electron chi connectivity index (χ0n) is 13.9. The Bertz CT molecular complexity index is 673. The molecular weight excluding hydrogens is 292 g/mol. The predicted octanol–water partition coefficient (Wildman–Crippen LogP) is 2.72. The van der Waals surface area contributed by atoms with Crippen LogP contribution in [0.2, 0.25) is 0 Å². The number of rotatable bonds is 5. The molecule has 1 aromatic heterocycles. The van der Waals surface area contributed by atoms with Crippen LogP contribution in [-0.4, -0.2) is 22.7 Å². The van der Waals surface area contributed by atoms with Crippen LogP contribution in [0.15, 0.2) is 52.8 Å². The summed E-state index contributed by atoms with van der Waals surface area (Å²) in [6, 6.07) is 11.2. The van der Waals surface area contributed by atoms with Crippen molar-refractivity contribution in [2.24, 2.45) is 17.3 Å². The number of anilines is 1. The van der Waals surface area contributed by atoms with E-state index in [0.717, 1.165) is 17.1 Å². The van der Waals surface area contributed by atoms with Crippen molar-refractivity contribution >= 4 is 17.2 Å². The lowest BCUT2D eigenvalue weighted by Crippen LogP contribution is -2.40. The molecule has 6 heteroatoms. The van der Waals surface area contributed by atoms with Crippen LogP contribution >= 0.6 is 0 Å². The summed E-state index contributed by atoms with van der Waals surface area (Å²) in [5, 5.41) is 28.0. The second-order valence-electron chi connectivity index (χ2n) is 5.56. The smallest absolute Gasteiger partial charge is 0.350 e. The highest BCUT2D eigenvalue weighted by molar-refractivity contribution is 5.53. The Morgan fingerprint density at radius 1 is 1.00 bits per heavy atom. The van der Waals surface area contributed by atoms with E-state index in [1.54, 1.807) is 38.1 Å². The van der Waals surface area contributed by atoms with Crippen LogP contribution in [0.5, 0.6) is 0 Å². The summed E-state index contributed by atoms with van der Waals surface area (Å²) >= 11 is 0. The molecule has 0 saturated carbocycles. The van der Waals surface area contributed by atoms with Crippen molar-refractivity contribution in [1.29, 1.82) is 0 Å². The quantitative estimate of drug-likeness (QED) is 0.506. The lowest BCUT2D eigenvalue weighted by molar-refractivity contribution is -0.658. The van der Waals surface area contributed by atoms with Crippen LogP contribution in [0.4, 0.5) is 17.2 Å². The normalized spacial score (nSPS) is 14.0. The van der Waals surface area contributed by atoms with Gasteiger partial charge in [-0.05, 0) is 61.8 Å². The van der Waals surface area contributed by atoms with E-state index in [-0.39, 0.29) is 0 Å². The van der Waals surface area contributed by atoms with Gasteiger partial charge in [-0.2, -0.15) is 0 Å². The van der Waals surface area contributed by atoms with Gasteiger partial charge in [0.1, 0.15) is 18.1 Å². The molecule has 2 aromatic rings. The Hall–Kier alpha value is -2.31. The number of aromatic nitrogens is 1. The maximum Gasteiger partial charge on any atom is 0.350 e. The molecule has 6 nitrogen and oxygen atoms in total. The molecule has 2 unspecified atom stereocenters. The van der Waals surface area contributed by atoms with Gasteiger partial charge in [0.25, 0.3) is 0 Å². The number of hydrogen-bond acceptors (Lipinski definition) is 5. The third-order valence-electron chi connectivity index (χ3n) is 3.50. The zero-order valence-corrected chi connectivity index (χ0v) is 13.9. The predicted molar refractivity (Wildman–Crippen MR) is 88.8 cm³/mol. The number of hydrogen-bond donors (Lipinski definition) is 2. The van der Waals surface area contributed by atoms with E-state index in [4.69, 9.17) is 0 Å². The van der Waals surface area contributed by atoms with Gasteiger partial charge in [0.15, 0.2) is 0 Å². The summed E-state index contributed by atoms with van der Waals surface area (Å²) < 4.78 is 1.90. The van der Waals surface area contributed by atoms with E-state index in [1.165, 1.54) is 4.90 Å². The minimum absolute atomic E-state index is 0.700. The molecule has 2 N–H and O–H groups in total. The van der Waals surface area contributed by atoms with Crippen molar-refractivity contribution in [3.05, 3.63) is 48.2 Å². The Labute approximate surface area is 136 Å². The van der Waals surface area contributed by atoms with Crippen LogP contribution in [-0.2, 0) is 7.05 Å². The lowest BCUT2D eigenvalue weighted by atomic mass is 10.2. The highest BCUT2D eigenvalue weighted by Crippen LogP contribution is 2.23. The third-order valence-corrected chi connectivity index (χ3v) is 3.50. The first-order chi connectivity index (χ1) is 10.9. The standard InChI is InChI=1S/C17H23N4O2/c1-12-9-10-20(4)17(11-12)19-18-15-5-7-16(8-6-15)21(13(2)22)14(3)23/h5-11,13-14,22-23H,1-4H3/q+1.